The van der Waals surface area contributed by atoms with Crippen molar-refractivity contribution in [3.05, 3.63) is 29.8 Å². The average molecular weight is 368 g/mol. The lowest BCUT2D eigenvalue weighted by Crippen LogP contribution is -2.54. The summed E-state index contributed by atoms with van der Waals surface area (Å²) in [5, 5.41) is 11.8. The molecule has 1 fully saturated rings. The molecule has 0 heterocycles. The molecular weight excluding hydrogens is 344 g/mol. The van der Waals surface area contributed by atoms with Crippen LogP contribution < -0.4 is 5.32 Å². The number of amides is 1. The molecular formula is C17H24N2O5S. The number of benzene rings is 1. The van der Waals surface area contributed by atoms with Gasteiger partial charge in [-0.05, 0) is 31.5 Å². The van der Waals surface area contributed by atoms with Gasteiger partial charge >= 0.3 is 5.97 Å². The molecule has 0 bridgehead atoms. The van der Waals surface area contributed by atoms with Crippen molar-refractivity contribution in [2.75, 3.05) is 18.8 Å². The number of hydrogen-bond donors (Lipinski definition) is 2. The molecule has 8 heteroatoms. The summed E-state index contributed by atoms with van der Waals surface area (Å²) in [5.74, 6) is -1.34. The molecule has 2 rings (SSSR count). The topological polar surface area (TPSA) is 104 Å². The molecule has 0 aromatic heterocycles. The van der Waals surface area contributed by atoms with Crippen molar-refractivity contribution in [1.29, 1.82) is 0 Å². The normalized spacial score (nSPS) is 20.1. The molecule has 138 valence electrons. The van der Waals surface area contributed by atoms with Crippen LogP contribution in [0.3, 0.4) is 0 Å². The van der Waals surface area contributed by atoms with Crippen LogP contribution in [0.1, 0.15) is 37.0 Å². The summed E-state index contributed by atoms with van der Waals surface area (Å²) in [6.07, 6.45) is 1.32. The largest absolute Gasteiger partial charge is 0.480 e. The van der Waals surface area contributed by atoms with E-state index in [-0.39, 0.29) is 34.8 Å². The first-order chi connectivity index (χ1) is 11.8. The van der Waals surface area contributed by atoms with E-state index in [9.17, 15) is 18.0 Å². The number of nitrogens with one attached hydrogen (secondary N) is 1. The molecule has 0 aliphatic heterocycles. The zero-order chi connectivity index (χ0) is 18.6. The summed E-state index contributed by atoms with van der Waals surface area (Å²) in [7, 11) is -3.47. The molecule has 1 aromatic rings. The Morgan fingerprint density at radius 2 is 1.88 bits per heavy atom. The predicted octanol–water partition coefficient (Wildman–Crippen LogP) is 1.15. The lowest BCUT2D eigenvalue weighted by atomic mass is 9.85. The van der Waals surface area contributed by atoms with E-state index >= 15 is 0 Å². The first-order valence-corrected chi connectivity index (χ1v) is 10.0. The van der Waals surface area contributed by atoms with Crippen LogP contribution in [0, 0.1) is 0 Å². The number of carbonyl (C=O) groups is 2. The summed E-state index contributed by atoms with van der Waals surface area (Å²) >= 11 is 0. The fourth-order valence-electron chi connectivity index (χ4n) is 3.02. The van der Waals surface area contributed by atoms with Gasteiger partial charge in [-0.1, -0.05) is 26.0 Å². The highest BCUT2D eigenvalue weighted by atomic mass is 32.2. The van der Waals surface area contributed by atoms with Gasteiger partial charge in [0.1, 0.15) is 0 Å². The highest BCUT2D eigenvalue weighted by Gasteiger charge is 2.35. The summed E-state index contributed by atoms with van der Waals surface area (Å²) in [6.45, 7) is 4.07. The summed E-state index contributed by atoms with van der Waals surface area (Å²) in [4.78, 5) is 25.2. The van der Waals surface area contributed by atoms with Crippen LogP contribution in [-0.4, -0.2) is 61.2 Å². The van der Waals surface area contributed by atoms with Gasteiger partial charge in [0.25, 0.3) is 5.91 Å². The Bertz CT molecular complexity index is 741. The van der Waals surface area contributed by atoms with Crippen molar-refractivity contribution in [1.82, 2.24) is 10.2 Å². The molecule has 0 radical (unpaired) electrons. The number of rotatable bonds is 8. The minimum Gasteiger partial charge on any atom is -0.480 e. The van der Waals surface area contributed by atoms with Crippen molar-refractivity contribution in [2.24, 2.45) is 0 Å². The van der Waals surface area contributed by atoms with Crippen LogP contribution in [0.2, 0.25) is 0 Å². The first-order valence-electron chi connectivity index (χ1n) is 8.37. The summed E-state index contributed by atoms with van der Waals surface area (Å²) in [6, 6.07) is 6.25. The molecule has 0 spiro atoms. The van der Waals surface area contributed by atoms with Gasteiger partial charge in [0.2, 0.25) is 0 Å². The molecule has 1 aliphatic rings. The number of carboxylic acid groups (broad SMARTS) is 1. The molecule has 1 saturated carbocycles. The third-order valence-corrected chi connectivity index (χ3v) is 6.34. The maximum Gasteiger partial charge on any atom is 0.317 e. The fourth-order valence-corrected chi connectivity index (χ4v) is 4.11. The number of carboxylic acids is 1. The molecule has 0 unspecified atom stereocenters. The Balaban J connectivity index is 2.00. The Hall–Kier alpha value is -1.93. The number of sulfone groups is 1. The molecule has 1 aromatic carbocycles. The standard InChI is InChI=1S/C17H24N2O5S/c1-3-19(11-16(20)21)13-9-12(10-13)18-17(22)14-7-5-6-8-15(14)25(23,24)4-2/h5-8,12-13H,3-4,9-11H2,1-2H3,(H,18,22)(H,20,21). The smallest absolute Gasteiger partial charge is 0.317 e. The Morgan fingerprint density at radius 3 is 2.44 bits per heavy atom. The third kappa shape index (κ3) is 4.58. The lowest BCUT2D eigenvalue weighted by molar-refractivity contribution is -0.139. The number of hydrogen-bond acceptors (Lipinski definition) is 5. The average Bonchev–Trinajstić information content (AvgIpc) is 2.55. The molecule has 1 amide bonds. The van der Waals surface area contributed by atoms with Crippen LogP contribution >= 0.6 is 0 Å². The SMILES string of the molecule is CCN(CC(=O)O)C1CC(NC(=O)c2ccccc2S(=O)(=O)CC)C1. The van der Waals surface area contributed by atoms with Gasteiger partial charge in [0, 0.05) is 12.1 Å². The van der Waals surface area contributed by atoms with E-state index in [4.69, 9.17) is 5.11 Å². The second-order valence-electron chi connectivity index (χ2n) is 6.15. The van der Waals surface area contributed by atoms with Gasteiger partial charge in [-0.25, -0.2) is 8.42 Å². The van der Waals surface area contributed by atoms with Gasteiger partial charge < -0.3 is 10.4 Å². The van der Waals surface area contributed by atoms with E-state index in [1.54, 1.807) is 19.1 Å². The minimum atomic E-state index is -3.47. The lowest BCUT2D eigenvalue weighted by Gasteiger charge is -2.42. The van der Waals surface area contributed by atoms with E-state index in [0.717, 1.165) is 0 Å². The quantitative estimate of drug-likeness (QED) is 0.713. The van der Waals surface area contributed by atoms with Gasteiger partial charge in [-0.2, -0.15) is 0 Å². The van der Waals surface area contributed by atoms with E-state index in [2.05, 4.69) is 5.32 Å². The summed E-state index contributed by atoms with van der Waals surface area (Å²) in [5.41, 5.74) is 0.158. The van der Waals surface area contributed by atoms with Gasteiger partial charge in [-0.3, -0.25) is 14.5 Å². The number of likely N-dealkylation sites (N-methyl/N-ethyl adjacent to an activating group) is 1. The molecule has 0 saturated heterocycles. The van der Waals surface area contributed by atoms with Crippen LogP contribution in [0.25, 0.3) is 0 Å². The maximum atomic E-state index is 12.5. The van der Waals surface area contributed by atoms with E-state index in [1.165, 1.54) is 12.1 Å². The van der Waals surface area contributed by atoms with E-state index < -0.39 is 21.7 Å². The third-order valence-electron chi connectivity index (χ3n) is 4.56. The van der Waals surface area contributed by atoms with Crippen molar-refractivity contribution in [3.8, 4) is 0 Å². The van der Waals surface area contributed by atoms with Crippen LogP contribution in [0.4, 0.5) is 0 Å². The van der Waals surface area contributed by atoms with Gasteiger partial charge in [0.05, 0.1) is 22.8 Å². The second-order valence-corrected chi connectivity index (χ2v) is 8.40. The van der Waals surface area contributed by atoms with Gasteiger partial charge in [0.15, 0.2) is 9.84 Å². The molecule has 0 atom stereocenters. The van der Waals surface area contributed by atoms with Gasteiger partial charge in [-0.15, -0.1) is 0 Å². The Labute approximate surface area is 147 Å². The highest BCUT2D eigenvalue weighted by Crippen LogP contribution is 2.26. The number of carbonyl (C=O) groups excluding carboxylic acids is 1. The zero-order valence-electron chi connectivity index (χ0n) is 14.4. The van der Waals surface area contributed by atoms with Crippen LogP contribution in [0.5, 0.6) is 0 Å². The molecule has 1 aliphatic carbocycles. The van der Waals surface area contributed by atoms with Crippen molar-refractivity contribution < 1.29 is 23.1 Å². The van der Waals surface area contributed by atoms with E-state index in [1.807, 2.05) is 11.8 Å². The van der Waals surface area contributed by atoms with E-state index in [0.29, 0.717) is 19.4 Å². The molecule has 2 N–H and O–H groups in total. The number of nitrogens with zero attached hydrogens (tertiary/aromatic N) is 1. The Morgan fingerprint density at radius 1 is 1.24 bits per heavy atom. The minimum absolute atomic E-state index is 0.0145. The number of aliphatic carboxylic acids is 1. The van der Waals surface area contributed by atoms with Crippen molar-refractivity contribution in [3.63, 3.8) is 0 Å². The van der Waals surface area contributed by atoms with Crippen LogP contribution in [-0.2, 0) is 14.6 Å². The van der Waals surface area contributed by atoms with Crippen LogP contribution in [0.15, 0.2) is 29.2 Å². The Kier molecular flexibility index (Phi) is 6.18. The zero-order valence-corrected chi connectivity index (χ0v) is 15.3. The van der Waals surface area contributed by atoms with Crippen molar-refractivity contribution >= 4 is 21.7 Å². The second kappa shape index (κ2) is 7.97. The monoisotopic (exact) mass is 368 g/mol. The first kappa shape index (κ1) is 19.4. The molecule has 7 nitrogen and oxygen atoms in total. The highest BCUT2D eigenvalue weighted by molar-refractivity contribution is 7.91. The maximum absolute atomic E-state index is 12.5. The van der Waals surface area contributed by atoms with Crippen molar-refractivity contribution in [2.45, 2.75) is 43.7 Å². The molecule has 25 heavy (non-hydrogen) atoms. The predicted molar refractivity (Wildman–Crippen MR) is 93.3 cm³/mol. The fraction of sp³-hybridized carbons (Fsp3) is 0.529. The summed E-state index contributed by atoms with van der Waals surface area (Å²) < 4.78 is 24.3.